The molecule has 0 bridgehead atoms. The molecule has 0 radical (unpaired) electrons. The Labute approximate surface area is 129 Å². The molecule has 21 heavy (non-hydrogen) atoms. The lowest BCUT2D eigenvalue weighted by atomic mass is 10.3. The zero-order valence-corrected chi connectivity index (χ0v) is 12.5. The number of carbonyl (C=O) groups is 1. The molecule has 1 heterocycles. The Hall–Kier alpha value is -1.61. The number of aromatic nitrogens is 1. The Morgan fingerprint density at radius 1 is 1.29 bits per heavy atom. The van der Waals surface area contributed by atoms with Crippen molar-refractivity contribution in [1.82, 2.24) is 4.98 Å². The number of benzene rings is 1. The van der Waals surface area contributed by atoms with E-state index in [9.17, 15) is 17.6 Å². The fourth-order valence-electron chi connectivity index (χ4n) is 1.49. The molecule has 4 N–H and O–H groups in total. The molecule has 0 unspecified atom stereocenters. The van der Waals surface area contributed by atoms with Gasteiger partial charge in [-0.05, 0) is 24.3 Å². The van der Waals surface area contributed by atoms with Crippen molar-refractivity contribution in [2.75, 3.05) is 5.32 Å². The molecule has 1 aromatic carbocycles. The molecule has 2 aromatic rings. The average molecular weight is 352 g/mol. The number of nitrogens with two attached hydrogens (primary N) is 1. The third-order valence-electron chi connectivity index (χ3n) is 2.49. The van der Waals surface area contributed by atoms with Crippen LogP contribution in [0.5, 0.6) is 0 Å². The molecule has 0 saturated carbocycles. The molecule has 0 fully saturated rings. The van der Waals surface area contributed by atoms with Crippen LogP contribution in [0.4, 0.5) is 10.1 Å². The van der Waals surface area contributed by atoms with E-state index in [0.29, 0.717) is 6.07 Å². The van der Waals surface area contributed by atoms with Crippen molar-refractivity contribution in [3.8, 4) is 0 Å². The summed E-state index contributed by atoms with van der Waals surface area (Å²) in [5.41, 5.74) is -0.186. The van der Waals surface area contributed by atoms with Gasteiger partial charge in [-0.25, -0.2) is 17.9 Å². The SMILES string of the molecule is NS(=O)(=O)c1ccc(NC(=O)c2cc(Cl)c(Cl)[nH]2)c(F)c1. The average Bonchev–Trinajstić information content (AvgIpc) is 2.71. The molecule has 1 aromatic heterocycles. The number of hydrogen-bond donors (Lipinski definition) is 3. The van der Waals surface area contributed by atoms with E-state index in [2.05, 4.69) is 10.3 Å². The van der Waals surface area contributed by atoms with Crippen molar-refractivity contribution in [3.63, 3.8) is 0 Å². The summed E-state index contributed by atoms with van der Waals surface area (Å²) in [4.78, 5) is 13.9. The fraction of sp³-hybridized carbons (Fsp3) is 0. The summed E-state index contributed by atoms with van der Waals surface area (Å²) in [6.45, 7) is 0. The Morgan fingerprint density at radius 3 is 2.43 bits per heavy atom. The van der Waals surface area contributed by atoms with Crippen LogP contribution in [-0.4, -0.2) is 19.3 Å². The summed E-state index contributed by atoms with van der Waals surface area (Å²) in [5, 5.41) is 7.34. The number of hydrogen-bond acceptors (Lipinski definition) is 3. The first-order valence-corrected chi connectivity index (χ1v) is 7.66. The number of nitrogens with one attached hydrogen (secondary N) is 2. The van der Waals surface area contributed by atoms with Crippen LogP contribution in [-0.2, 0) is 10.0 Å². The number of aromatic amines is 1. The van der Waals surface area contributed by atoms with E-state index < -0.39 is 26.6 Å². The topological polar surface area (TPSA) is 105 Å². The fourth-order valence-corrected chi connectivity index (χ4v) is 2.33. The smallest absolute Gasteiger partial charge is 0.272 e. The van der Waals surface area contributed by atoms with Gasteiger partial charge in [-0.3, -0.25) is 4.79 Å². The van der Waals surface area contributed by atoms with Crippen LogP contribution in [0.2, 0.25) is 10.2 Å². The number of primary sulfonamides is 1. The van der Waals surface area contributed by atoms with Gasteiger partial charge >= 0.3 is 0 Å². The van der Waals surface area contributed by atoms with Gasteiger partial charge in [-0.1, -0.05) is 23.2 Å². The number of anilines is 1. The first kappa shape index (κ1) is 15.8. The predicted molar refractivity (Wildman–Crippen MR) is 76.5 cm³/mol. The number of halogens is 3. The van der Waals surface area contributed by atoms with Gasteiger partial charge in [-0.15, -0.1) is 0 Å². The zero-order valence-electron chi connectivity index (χ0n) is 10.2. The number of rotatable bonds is 3. The summed E-state index contributed by atoms with van der Waals surface area (Å²) in [6, 6.07) is 4.14. The molecule has 10 heteroatoms. The maximum Gasteiger partial charge on any atom is 0.272 e. The quantitative estimate of drug-likeness (QED) is 0.790. The predicted octanol–water partition coefficient (Wildman–Crippen LogP) is 2.36. The summed E-state index contributed by atoms with van der Waals surface area (Å²) in [6.07, 6.45) is 0. The Bertz CT molecular complexity index is 801. The Balaban J connectivity index is 2.26. The highest BCUT2D eigenvalue weighted by molar-refractivity contribution is 7.89. The molecule has 0 aliphatic carbocycles. The van der Waals surface area contributed by atoms with E-state index in [-0.39, 0.29) is 21.6 Å². The van der Waals surface area contributed by atoms with Gasteiger partial charge in [-0.2, -0.15) is 0 Å². The molecular formula is C11H8Cl2FN3O3S. The lowest BCUT2D eigenvalue weighted by Crippen LogP contribution is -2.15. The largest absolute Gasteiger partial charge is 0.340 e. The number of amides is 1. The van der Waals surface area contributed by atoms with Crippen molar-refractivity contribution >= 4 is 44.8 Å². The first-order chi connectivity index (χ1) is 9.68. The minimum atomic E-state index is -4.02. The highest BCUT2D eigenvalue weighted by Gasteiger charge is 2.16. The van der Waals surface area contributed by atoms with Gasteiger partial charge in [0.25, 0.3) is 5.91 Å². The molecule has 0 aliphatic heterocycles. The molecule has 0 atom stereocenters. The minimum absolute atomic E-state index is 0.0277. The monoisotopic (exact) mass is 351 g/mol. The van der Waals surface area contributed by atoms with E-state index in [1.165, 1.54) is 6.07 Å². The van der Waals surface area contributed by atoms with Crippen LogP contribution in [0.1, 0.15) is 10.5 Å². The molecule has 1 amide bonds. The van der Waals surface area contributed by atoms with E-state index >= 15 is 0 Å². The normalized spacial score (nSPS) is 11.4. The van der Waals surface area contributed by atoms with Crippen LogP contribution in [0.25, 0.3) is 0 Å². The molecular weight excluding hydrogens is 344 g/mol. The Kier molecular flexibility index (Phi) is 4.24. The second kappa shape index (κ2) is 5.64. The third kappa shape index (κ3) is 3.53. The zero-order chi connectivity index (χ0) is 15.8. The summed E-state index contributed by atoms with van der Waals surface area (Å²) < 4.78 is 35.9. The summed E-state index contributed by atoms with van der Waals surface area (Å²) in [7, 11) is -4.02. The van der Waals surface area contributed by atoms with Crippen LogP contribution in [0.3, 0.4) is 0 Å². The van der Waals surface area contributed by atoms with Gasteiger partial charge in [0.2, 0.25) is 10.0 Å². The minimum Gasteiger partial charge on any atom is -0.340 e. The lowest BCUT2D eigenvalue weighted by Gasteiger charge is -2.06. The highest BCUT2D eigenvalue weighted by Crippen LogP contribution is 2.23. The van der Waals surface area contributed by atoms with Crippen molar-refractivity contribution in [2.24, 2.45) is 5.14 Å². The van der Waals surface area contributed by atoms with Crippen LogP contribution in [0, 0.1) is 5.82 Å². The summed E-state index contributed by atoms with van der Waals surface area (Å²) >= 11 is 11.3. The maximum atomic E-state index is 13.7. The van der Waals surface area contributed by atoms with Crippen molar-refractivity contribution in [2.45, 2.75) is 4.90 Å². The van der Waals surface area contributed by atoms with Crippen LogP contribution >= 0.6 is 23.2 Å². The lowest BCUT2D eigenvalue weighted by molar-refractivity contribution is 0.102. The van der Waals surface area contributed by atoms with Crippen molar-refractivity contribution < 1.29 is 17.6 Å². The van der Waals surface area contributed by atoms with Gasteiger partial charge in [0.1, 0.15) is 16.7 Å². The molecule has 6 nitrogen and oxygen atoms in total. The highest BCUT2D eigenvalue weighted by atomic mass is 35.5. The van der Waals surface area contributed by atoms with Gasteiger partial charge in [0.15, 0.2) is 0 Å². The van der Waals surface area contributed by atoms with Crippen LogP contribution < -0.4 is 10.5 Å². The number of H-pyrrole nitrogens is 1. The molecule has 2 rings (SSSR count). The molecule has 0 saturated heterocycles. The standard InChI is InChI=1S/C11H8Cl2FN3O3S/c12-6-4-9(16-10(6)13)11(18)17-8-2-1-5(3-7(8)14)21(15,19)20/h1-4,16H,(H,17,18)(H2,15,19,20). The van der Waals surface area contributed by atoms with E-state index in [4.69, 9.17) is 28.3 Å². The van der Waals surface area contributed by atoms with Crippen molar-refractivity contribution in [3.05, 3.63) is 46.0 Å². The second-order valence-electron chi connectivity index (χ2n) is 3.99. The number of carbonyl (C=O) groups excluding carboxylic acids is 1. The maximum absolute atomic E-state index is 13.7. The van der Waals surface area contributed by atoms with Gasteiger partial charge < -0.3 is 10.3 Å². The summed E-state index contributed by atoms with van der Waals surface area (Å²) in [5.74, 6) is -1.63. The molecule has 0 aliphatic rings. The second-order valence-corrected chi connectivity index (χ2v) is 6.33. The van der Waals surface area contributed by atoms with Gasteiger partial charge in [0.05, 0.1) is 15.6 Å². The van der Waals surface area contributed by atoms with E-state index in [1.807, 2.05) is 0 Å². The first-order valence-electron chi connectivity index (χ1n) is 5.36. The van der Waals surface area contributed by atoms with Crippen molar-refractivity contribution in [1.29, 1.82) is 0 Å². The van der Waals surface area contributed by atoms with E-state index in [0.717, 1.165) is 12.1 Å². The molecule has 0 spiro atoms. The molecule has 112 valence electrons. The van der Waals surface area contributed by atoms with Crippen LogP contribution in [0.15, 0.2) is 29.2 Å². The van der Waals surface area contributed by atoms with E-state index in [1.54, 1.807) is 0 Å². The third-order valence-corrected chi connectivity index (χ3v) is 4.09. The Morgan fingerprint density at radius 2 is 1.95 bits per heavy atom. The van der Waals surface area contributed by atoms with Gasteiger partial charge in [0, 0.05) is 0 Å². The number of sulfonamides is 1.